The first kappa shape index (κ1) is 13.7. The van der Waals surface area contributed by atoms with Crippen molar-refractivity contribution < 1.29 is 9.90 Å². The molecule has 0 saturated carbocycles. The van der Waals surface area contributed by atoms with Crippen molar-refractivity contribution in [1.82, 2.24) is 25.1 Å². The highest BCUT2D eigenvalue weighted by Crippen LogP contribution is 2.13. The van der Waals surface area contributed by atoms with Crippen molar-refractivity contribution in [2.75, 3.05) is 13.1 Å². The van der Waals surface area contributed by atoms with Crippen LogP contribution < -0.4 is 0 Å². The second-order valence-corrected chi connectivity index (χ2v) is 5.21. The minimum Gasteiger partial charge on any atom is -0.393 e. The summed E-state index contributed by atoms with van der Waals surface area (Å²) in [4.78, 5) is 14.0. The molecule has 2 aromatic rings. The van der Waals surface area contributed by atoms with E-state index in [1.807, 2.05) is 29.2 Å². The largest absolute Gasteiger partial charge is 0.393 e. The van der Waals surface area contributed by atoms with Gasteiger partial charge in [0.1, 0.15) is 6.33 Å². The van der Waals surface area contributed by atoms with Crippen LogP contribution in [0.1, 0.15) is 18.4 Å². The Kier molecular flexibility index (Phi) is 3.92. The van der Waals surface area contributed by atoms with Gasteiger partial charge in [0.25, 0.3) is 0 Å². The summed E-state index contributed by atoms with van der Waals surface area (Å²) in [7, 11) is 0. The maximum absolute atomic E-state index is 12.2. The van der Waals surface area contributed by atoms with Crippen LogP contribution in [0.25, 0.3) is 5.69 Å². The Morgan fingerprint density at radius 1 is 1.24 bits per heavy atom. The van der Waals surface area contributed by atoms with Crippen LogP contribution >= 0.6 is 0 Å². The Morgan fingerprint density at radius 3 is 2.57 bits per heavy atom. The highest BCUT2D eigenvalue weighted by atomic mass is 16.3. The number of aliphatic hydroxyl groups is 1. The highest BCUT2D eigenvalue weighted by Gasteiger charge is 2.21. The van der Waals surface area contributed by atoms with Gasteiger partial charge in [0.05, 0.1) is 18.2 Å². The van der Waals surface area contributed by atoms with Crippen molar-refractivity contribution in [3.8, 4) is 5.69 Å². The van der Waals surface area contributed by atoms with Crippen LogP contribution in [0.3, 0.4) is 0 Å². The van der Waals surface area contributed by atoms with Gasteiger partial charge in [-0.15, -0.1) is 5.10 Å². The fourth-order valence-corrected chi connectivity index (χ4v) is 2.45. The molecule has 1 saturated heterocycles. The average molecular weight is 287 g/mol. The molecule has 0 bridgehead atoms. The Balaban J connectivity index is 1.61. The smallest absolute Gasteiger partial charge is 0.226 e. The van der Waals surface area contributed by atoms with Crippen molar-refractivity contribution in [3.63, 3.8) is 0 Å². The van der Waals surface area contributed by atoms with Crippen molar-refractivity contribution >= 4 is 5.91 Å². The average Bonchev–Trinajstić information content (AvgIpc) is 3.03. The summed E-state index contributed by atoms with van der Waals surface area (Å²) in [6, 6.07) is 7.60. The van der Waals surface area contributed by atoms with Crippen molar-refractivity contribution in [3.05, 3.63) is 36.2 Å². The number of piperidine rings is 1. The molecule has 0 spiro atoms. The van der Waals surface area contributed by atoms with Crippen molar-refractivity contribution in [1.29, 1.82) is 0 Å². The molecule has 1 aliphatic heterocycles. The molecule has 0 aliphatic carbocycles. The van der Waals surface area contributed by atoms with Crippen LogP contribution in [0.4, 0.5) is 0 Å². The monoisotopic (exact) mass is 287 g/mol. The van der Waals surface area contributed by atoms with Crippen LogP contribution in [-0.2, 0) is 11.2 Å². The normalized spacial score (nSPS) is 16.1. The summed E-state index contributed by atoms with van der Waals surface area (Å²) in [5.74, 6) is 0.108. The number of aromatic nitrogens is 4. The number of aliphatic hydroxyl groups excluding tert-OH is 1. The van der Waals surface area contributed by atoms with E-state index in [1.165, 1.54) is 6.33 Å². The zero-order valence-corrected chi connectivity index (χ0v) is 11.6. The van der Waals surface area contributed by atoms with Gasteiger partial charge >= 0.3 is 0 Å². The minimum atomic E-state index is -0.260. The molecule has 1 fully saturated rings. The number of benzene rings is 1. The molecule has 1 aromatic carbocycles. The summed E-state index contributed by atoms with van der Waals surface area (Å²) in [5.41, 5.74) is 1.82. The number of nitrogens with zero attached hydrogens (tertiary/aromatic N) is 5. The Hall–Kier alpha value is -2.28. The number of amides is 1. The zero-order valence-electron chi connectivity index (χ0n) is 11.6. The van der Waals surface area contributed by atoms with Gasteiger partial charge in [0.2, 0.25) is 5.91 Å². The number of carbonyl (C=O) groups is 1. The molecule has 1 aliphatic rings. The third-order valence-electron chi connectivity index (χ3n) is 3.72. The fourth-order valence-electron chi connectivity index (χ4n) is 2.45. The topological polar surface area (TPSA) is 84.1 Å². The molecule has 0 radical (unpaired) electrons. The lowest BCUT2D eigenvalue weighted by atomic mass is 10.1. The molecule has 0 unspecified atom stereocenters. The molecular weight excluding hydrogens is 270 g/mol. The third kappa shape index (κ3) is 3.25. The molecule has 1 amide bonds. The van der Waals surface area contributed by atoms with Gasteiger partial charge in [-0.25, -0.2) is 4.68 Å². The summed E-state index contributed by atoms with van der Waals surface area (Å²) < 4.78 is 1.57. The maximum Gasteiger partial charge on any atom is 0.226 e. The summed E-state index contributed by atoms with van der Waals surface area (Å²) in [6.07, 6.45) is 2.99. The predicted octanol–water partition coefficient (Wildman–Crippen LogP) is 0.188. The Bertz CT molecular complexity index is 588. The fraction of sp³-hybridized carbons (Fsp3) is 0.429. The Labute approximate surface area is 122 Å². The van der Waals surface area contributed by atoms with Gasteiger partial charge in [-0.3, -0.25) is 4.79 Å². The number of hydrogen-bond donors (Lipinski definition) is 1. The lowest BCUT2D eigenvalue weighted by molar-refractivity contribution is -0.132. The van der Waals surface area contributed by atoms with Crippen LogP contribution in [0.5, 0.6) is 0 Å². The summed E-state index contributed by atoms with van der Waals surface area (Å²) in [6.45, 7) is 1.28. The highest BCUT2D eigenvalue weighted by molar-refractivity contribution is 5.78. The first-order valence-electron chi connectivity index (χ1n) is 7.00. The van der Waals surface area contributed by atoms with Gasteiger partial charge in [0.15, 0.2) is 0 Å². The Morgan fingerprint density at radius 2 is 1.95 bits per heavy atom. The molecule has 1 N–H and O–H groups in total. The molecule has 2 heterocycles. The summed E-state index contributed by atoms with van der Waals surface area (Å²) >= 11 is 0. The molecule has 0 atom stereocenters. The molecule has 21 heavy (non-hydrogen) atoms. The second kappa shape index (κ2) is 6.01. The number of hydrogen-bond acceptors (Lipinski definition) is 5. The molecule has 7 heteroatoms. The van der Waals surface area contributed by atoms with E-state index >= 15 is 0 Å². The molecular formula is C14H17N5O2. The predicted molar refractivity (Wildman–Crippen MR) is 74.7 cm³/mol. The van der Waals surface area contributed by atoms with E-state index in [-0.39, 0.29) is 12.0 Å². The van der Waals surface area contributed by atoms with Crippen LogP contribution in [0.15, 0.2) is 30.6 Å². The molecule has 7 nitrogen and oxygen atoms in total. The third-order valence-corrected chi connectivity index (χ3v) is 3.72. The van der Waals surface area contributed by atoms with E-state index in [1.54, 1.807) is 4.68 Å². The van der Waals surface area contributed by atoms with E-state index < -0.39 is 0 Å². The van der Waals surface area contributed by atoms with Crippen molar-refractivity contribution in [2.24, 2.45) is 0 Å². The first-order chi connectivity index (χ1) is 10.2. The van der Waals surface area contributed by atoms with Crippen LogP contribution in [0, 0.1) is 0 Å². The summed E-state index contributed by atoms with van der Waals surface area (Å²) in [5, 5.41) is 20.5. The molecule has 1 aromatic heterocycles. The number of rotatable bonds is 3. The van der Waals surface area contributed by atoms with Gasteiger partial charge in [0, 0.05) is 13.1 Å². The number of tetrazole rings is 1. The number of likely N-dealkylation sites (tertiary alicyclic amines) is 1. The van der Waals surface area contributed by atoms with Gasteiger partial charge in [-0.2, -0.15) is 0 Å². The van der Waals surface area contributed by atoms with E-state index in [4.69, 9.17) is 0 Å². The minimum absolute atomic E-state index is 0.108. The zero-order chi connectivity index (χ0) is 14.7. The standard InChI is InChI=1S/C14H17N5O2/c20-13-5-7-18(8-6-13)14(21)9-11-1-3-12(4-2-11)19-10-15-16-17-19/h1-4,10,13,20H,5-9H2. The van der Waals surface area contributed by atoms with Gasteiger partial charge in [-0.05, 0) is 41.0 Å². The van der Waals surface area contributed by atoms with E-state index in [2.05, 4.69) is 15.5 Å². The number of carbonyl (C=O) groups excluding carboxylic acids is 1. The van der Waals surface area contributed by atoms with Crippen LogP contribution in [-0.4, -0.2) is 55.3 Å². The lowest BCUT2D eigenvalue weighted by Gasteiger charge is -2.29. The van der Waals surface area contributed by atoms with Crippen LogP contribution in [0.2, 0.25) is 0 Å². The molecule has 3 rings (SSSR count). The van der Waals surface area contributed by atoms with E-state index in [0.29, 0.717) is 32.4 Å². The van der Waals surface area contributed by atoms with Crippen molar-refractivity contribution in [2.45, 2.75) is 25.4 Å². The maximum atomic E-state index is 12.2. The first-order valence-corrected chi connectivity index (χ1v) is 7.00. The molecule has 110 valence electrons. The van der Waals surface area contributed by atoms with E-state index in [9.17, 15) is 9.90 Å². The SMILES string of the molecule is O=C(Cc1ccc(-n2cnnn2)cc1)N1CCC(O)CC1. The quantitative estimate of drug-likeness (QED) is 0.871. The van der Waals surface area contributed by atoms with E-state index in [0.717, 1.165) is 11.3 Å². The van der Waals surface area contributed by atoms with Gasteiger partial charge < -0.3 is 10.0 Å². The lowest BCUT2D eigenvalue weighted by Crippen LogP contribution is -2.40. The second-order valence-electron chi connectivity index (χ2n) is 5.21. The van der Waals surface area contributed by atoms with Gasteiger partial charge in [-0.1, -0.05) is 12.1 Å².